The summed E-state index contributed by atoms with van der Waals surface area (Å²) >= 11 is 0. The fourth-order valence-corrected chi connectivity index (χ4v) is 5.60. The van der Waals surface area contributed by atoms with Gasteiger partial charge < -0.3 is 0 Å². The van der Waals surface area contributed by atoms with Crippen LogP contribution in [0.2, 0.25) is 0 Å². The quantitative estimate of drug-likeness (QED) is 0.120. The molecule has 0 heterocycles. The third-order valence-corrected chi connectivity index (χ3v) is 7.85. The molecule has 0 saturated carbocycles. The first-order chi connectivity index (χ1) is 23.8. The Kier molecular flexibility index (Phi) is 8.94. The highest BCUT2D eigenvalue weighted by Crippen LogP contribution is 2.17. The molecule has 0 aliphatic heterocycles. The van der Waals surface area contributed by atoms with E-state index in [1.165, 1.54) is 0 Å². The van der Waals surface area contributed by atoms with Gasteiger partial charge in [-0.1, -0.05) is 169 Å². The maximum Gasteiger partial charge on any atom is 0.0836 e. The molecular weight excluding hydrogens is 577 g/mol. The Bertz CT molecular complexity index is 2270. The predicted molar refractivity (Wildman–Crippen MR) is 201 cm³/mol. The van der Waals surface area contributed by atoms with E-state index < -0.39 is 0 Å². The van der Waals surface area contributed by atoms with Gasteiger partial charge in [0, 0.05) is 32.7 Å². The van der Waals surface area contributed by atoms with E-state index >= 15 is 0 Å². The number of fused-ring (bicyclic) bond motifs is 2. The Morgan fingerprint density at radius 3 is 0.688 bits per heavy atom. The fraction of sp³-hybridized carbons (Fsp3) is 0. The molecule has 0 amide bonds. The van der Waals surface area contributed by atoms with Crippen LogP contribution in [0.5, 0.6) is 0 Å². The topological polar surface area (TPSA) is 0 Å². The fourth-order valence-electron chi connectivity index (χ4n) is 5.60. The van der Waals surface area contributed by atoms with E-state index in [0.29, 0.717) is 0 Å². The average Bonchev–Trinajstić information content (AvgIpc) is 3.16. The first-order valence-electron chi connectivity index (χ1n) is 15.8. The zero-order valence-electron chi connectivity index (χ0n) is 26.2. The highest BCUT2D eigenvalue weighted by atomic mass is 14.1. The van der Waals surface area contributed by atoms with Crippen LogP contribution in [-0.2, 0) is 0 Å². The van der Waals surface area contributed by atoms with E-state index in [2.05, 4.69) is 95.9 Å². The van der Waals surface area contributed by atoms with Gasteiger partial charge in [-0.25, -0.2) is 0 Å². The van der Waals surface area contributed by atoms with E-state index in [4.69, 9.17) is 0 Å². The molecule has 0 aromatic heterocycles. The van der Waals surface area contributed by atoms with Gasteiger partial charge in [-0.3, -0.25) is 0 Å². The Morgan fingerprint density at radius 1 is 0.250 bits per heavy atom. The SMILES string of the molecule is C(#Cc1ccccc1)C(C#Cc1ccccc1)=c1c2ccccc2c(=C(C#Cc2ccccc2)C#Cc2ccccc2)c2ccccc12. The molecule has 48 heavy (non-hydrogen) atoms. The lowest BCUT2D eigenvalue weighted by molar-refractivity contribution is 1.64. The number of hydrogen-bond acceptors (Lipinski definition) is 0. The third-order valence-electron chi connectivity index (χ3n) is 7.85. The van der Waals surface area contributed by atoms with Crippen LogP contribution in [0.1, 0.15) is 22.3 Å². The second-order valence-electron chi connectivity index (χ2n) is 11.1. The van der Waals surface area contributed by atoms with Gasteiger partial charge in [0.15, 0.2) is 0 Å². The minimum Gasteiger partial charge on any atom is -0.0622 e. The van der Waals surface area contributed by atoms with Gasteiger partial charge >= 0.3 is 0 Å². The largest absolute Gasteiger partial charge is 0.0836 e. The molecule has 0 spiro atoms. The average molecular weight is 605 g/mol. The van der Waals surface area contributed by atoms with Crippen LogP contribution in [0, 0.1) is 47.4 Å². The molecule has 0 fully saturated rings. The Hall–Kier alpha value is -6.96. The monoisotopic (exact) mass is 604 g/mol. The van der Waals surface area contributed by atoms with Gasteiger partial charge in [0.25, 0.3) is 0 Å². The van der Waals surface area contributed by atoms with Gasteiger partial charge in [-0.2, -0.15) is 0 Å². The normalized spacial score (nSPS) is 9.83. The minimum atomic E-state index is 0.758. The second kappa shape index (κ2) is 14.4. The highest BCUT2D eigenvalue weighted by Gasteiger charge is 2.10. The van der Waals surface area contributed by atoms with Crippen molar-refractivity contribution in [3.05, 3.63) is 203 Å². The molecule has 0 N–H and O–H groups in total. The Balaban J connectivity index is 1.63. The van der Waals surface area contributed by atoms with Gasteiger partial charge in [-0.15, -0.1) is 0 Å². The summed E-state index contributed by atoms with van der Waals surface area (Å²) in [5.74, 6) is 27.5. The summed E-state index contributed by atoms with van der Waals surface area (Å²) in [6, 6.07) is 57.1. The van der Waals surface area contributed by atoms with Crippen molar-refractivity contribution in [3.63, 3.8) is 0 Å². The molecule has 0 heteroatoms. The molecule has 7 aromatic carbocycles. The Labute approximate surface area is 281 Å². The van der Waals surface area contributed by atoms with Crippen LogP contribution in [0.25, 0.3) is 32.7 Å². The molecule has 0 saturated heterocycles. The lowest BCUT2D eigenvalue weighted by Gasteiger charge is -2.09. The van der Waals surface area contributed by atoms with Crippen LogP contribution in [0.3, 0.4) is 0 Å². The predicted octanol–water partition coefficient (Wildman–Crippen LogP) is 8.50. The molecule has 7 rings (SSSR count). The van der Waals surface area contributed by atoms with Crippen molar-refractivity contribution < 1.29 is 0 Å². The van der Waals surface area contributed by atoms with Crippen molar-refractivity contribution in [3.8, 4) is 47.4 Å². The van der Waals surface area contributed by atoms with Crippen molar-refractivity contribution in [2.75, 3.05) is 0 Å². The molecule has 0 atom stereocenters. The van der Waals surface area contributed by atoms with Crippen molar-refractivity contribution in [1.29, 1.82) is 0 Å². The van der Waals surface area contributed by atoms with Crippen LogP contribution < -0.4 is 10.4 Å². The van der Waals surface area contributed by atoms with E-state index in [0.717, 1.165) is 65.4 Å². The molecule has 0 bridgehead atoms. The van der Waals surface area contributed by atoms with E-state index in [1.807, 2.05) is 121 Å². The van der Waals surface area contributed by atoms with E-state index in [9.17, 15) is 0 Å². The minimum absolute atomic E-state index is 0.758. The van der Waals surface area contributed by atoms with Gasteiger partial charge in [-0.05, 0) is 70.1 Å². The smallest absolute Gasteiger partial charge is 0.0622 e. The second-order valence-corrected chi connectivity index (χ2v) is 11.1. The summed E-state index contributed by atoms with van der Waals surface area (Å²) in [6.07, 6.45) is 0. The molecule has 0 aliphatic carbocycles. The number of benzene rings is 7. The first-order valence-corrected chi connectivity index (χ1v) is 15.8. The van der Waals surface area contributed by atoms with Crippen molar-refractivity contribution in [1.82, 2.24) is 0 Å². The maximum atomic E-state index is 3.48. The molecule has 0 unspecified atom stereocenters. The summed E-state index contributed by atoms with van der Waals surface area (Å²) in [5.41, 5.74) is 5.26. The Morgan fingerprint density at radius 2 is 0.458 bits per heavy atom. The van der Waals surface area contributed by atoms with Crippen molar-refractivity contribution in [2.24, 2.45) is 0 Å². The summed E-state index contributed by atoms with van der Waals surface area (Å²) in [5, 5.41) is 6.20. The lowest BCUT2D eigenvalue weighted by atomic mass is 9.93. The number of rotatable bonds is 0. The van der Waals surface area contributed by atoms with Gasteiger partial charge in [0.2, 0.25) is 0 Å². The van der Waals surface area contributed by atoms with E-state index in [-0.39, 0.29) is 0 Å². The maximum absolute atomic E-state index is 3.48. The van der Waals surface area contributed by atoms with Crippen molar-refractivity contribution >= 4 is 32.7 Å². The van der Waals surface area contributed by atoms with E-state index in [1.54, 1.807) is 0 Å². The lowest BCUT2D eigenvalue weighted by Crippen LogP contribution is -2.18. The molecule has 220 valence electrons. The molecular formula is C48H28. The molecule has 0 radical (unpaired) electrons. The zero-order chi connectivity index (χ0) is 32.4. The van der Waals surface area contributed by atoms with Crippen LogP contribution in [0.15, 0.2) is 170 Å². The zero-order valence-corrected chi connectivity index (χ0v) is 26.2. The highest BCUT2D eigenvalue weighted by molar-refractivity contribution is 6.06. The summed E-state index contributed by atoms with van der Waals surface area (Å²) in [7, 11) is 0. The third kappa shape index (κ3) is 6.82. The van der Waals surface area contributed by atoms with Crippen LogP contribution in [-0.4, -0.2) is 0 Å². The van der Waals surface area contributed by atoms with Crippen molar-refractivity contribution in [2.45, 2.75) is 0 Å². The summed E-state index contributed by atoms with van der Waals surface area (Å²) in [4.78, 5) is 0. The van der Waals surface area contributed by atoms with Gasteiger partial charge in [0.1, 0.15) is 0 Å². The molecule has 0 nitrogen and oxygen atoms in total. The number of hydrogen-bond donors (Lipinski definition) is 0. The summed E-state index contributed by atoms with van der Waals surface area (Å²) < 4.78 is 0. The van der Waals surface area contributed by atoms with Crippen LogP contribution >= 0.6 is 0 Å². The molecule has 0 aliphatic rings. The first kappa shape index (κ1) is 29.7. The van der Waals surface area contributed by atoms with Crippen LogP contribution in [0.4, 0.5) is 0 Å². The molecule has 7 aromatic rings. The summed E-state index contributed by atoms with van der Waals surface area (Å²) in [6.45, 7) is 0. The van der Waals surface area contributed by atoms with Gasteiger partial charge in [0.05, 0.1) is 11.1 Å². The standard InChI is InChI=1S/C48H28/c1-5-17-37(18-6-1)29-33-41(34-30-38-19-7-2-8-20-38)47-43-25-13-15-27-45(43)48(46-28-16-14-26-44(46)47)42(35-31-39-21-9-3-10-22-39)36-32-40-23-11-4-12-24-40/h1-28H.